The molecule has 0 aromatic heterocycles. The van der Waals surface area contributed by atoms with E-state index in [0.29, 0.717) is 0 Å². The van der Waals surface area contributed by atoms with Gasteiger partial charge in [0.25, 0.3) is 0 Å². The maximum Gasteiger partial charge on any atom is 0.0711 e. The summed E-state index contributed by atoms with van der Waals surface area (Å²) in [5, 5.41) is 0. The fourth-order valence-electron chi connectivity index (χ4n) is 2.43. The first-order valence-corrected chi connectivity index (χ1v) is 11.7. The lowest BCUT2D eigenvalue weighted by atomic mass is 10.2. The molecule has 0 bridgehead atoms. The number of thioether (sulfide) groups is 4. The third-order valence-electron chi connectivity index (χ3n) is 3.55. The second-order valence-electron chi connectivity index (χ2n) is 5.20. The van der Waals surface area contributed by atoms with Crippen molar-refractivity contribution in [1.82, 2.24) is 0 Å². The highest BCUT2D eigenvalue weighted by molar-refractivity contribution is 14.1. The summed E-state index contributed by atoms with van der Waals surface area (Å²) in [5.41, 5.74) is 2.64. The van der Waals surface area contributed by atoms with Crippen LogP contribution in [0, 0.1) is 0 Å². The minimum Gasteiger partial charge on any atom is -0.0845 e. The third-order valence-corrected chi connectivity index (χ3v) is 10.7. The van der Waals surface area contributed by atoms with Gasteiger partial charge in [0, 0.05) is 14.7 Å². The van der Waals surface area contributed by atoms with Crippen LogP contribution in [0.1, 0.15) is 18.1 Å². The van der Waals surface area contributed by atoms with Crippen LogP contribution in [0.25, 0.3) is 9.81 Å². The molecule has 5 heteroatoms. The first-order chi connectivity index (χ1) is 11.7. The summed E-state index contributed by atoms with van der Waals surface area (Å²) in [6, 6.07) is 21.4. The minimum absolute atomic E-state index is 1.32. The summed E-state index contributed by atoms with van der Waals surface area (Å²) in [7, 11) is 0. The van der Waals surface area contributed by atoms with Crippen molar-refractivity contribution in [2.45, 2.75) is 6.92 Å². The highest BCUT2D eigenvalue weighted by Crippen LogP contribution is 2.64. The van der Waals surface area contributed by atoms with Gasteiger partial charge >= 0.3 is 0 Å². The van der Waals surface area contributed by atoms with Crippen molar-refractivity contribution in [3.63, 3.8) is 0 Å². The molecule has 2 aliphatic heterocycles. The molecule has 2 aliphatic rings. The average molecular weight is 496 g/mol. The summed E-state index contributed by atoms with van der Waals surface area (Å²) < 4.78 is 4.21. The van der Waals surface area contributed by atoms with E-state index in [1.165, 1.54) is 37.2 Å². The van der Waals surface area contributed by atoms with E-state index in [1.807, 2.05) is 47.0 Å². The van der Waals surface area contributed by atoms with Crippen LogP contribution >= 0.6 is 69.6 Å². The van der Waals surface area contributed by atoms with E-state index in [4.69, 9.17) is 0 Å². The topological polar surface area (TPSA) is 0 Å². The van der Waals surface area contributed by atoms with Gasteiger partial charge in [-0.15, -0.1) is 0 Å². The van der Waals surface area contributed by atoms with Crippen LogP contribution in [0.15, 0.2) is 77.0 Å². The highest BCUT2D eigenvalue weighted by atomic mass is 127. The van der Waals surface area contributed by atoms with Gasteiger partial charge in [-0.2, -0.15) is 0 Å². The largest absolute Gasteiger partial charge is 0.0845 e. The van der Waals surface area contributed by atoms with Crippen LogP contribution in [0.2, 0.25) is 0 Å². The Bertz CT molecular complexity index is 793. The summed E-state index contributed by atoms with van der Waals surface area (Å²) in [6.07, 6.45) is 0. The smallest absolute Gasteiger partial charge is 0.0711 e. The molecule has 0 saturated heterocycles. The molecule has 0 saturated carbocycles. The molecule has 24 heavy (non-hydrogen) atoms. The Morgan fingerprint density at radius 2 is 1.12 bits per heavy atom. The lowest BCUT2D eigenvalue weighted by molar-refractivity contribution is 1.62. The van der Waals surface area contributed by atoms with Crippen molar-refractivity contribution in [2.75, 3.05) is 0 Å². The Hall–Kier alpha value is -0.210. The SMILES string of the molecule is CC1=C(c2ccccc2)S/C(=C2\SC(I)=C(c3ccccc3)S2)S1. The van der Waals surface area contributed by atoms with E-state index in [2.05, 4.69) is 90.2 Å². The quantitative estimate of drug-likeness (QED) is 0.384. The zero-order chi connectivity index (χ0) is 16.5. The monoisotopic (exact) mass is 496 g/mol. The van der Waals surface area contributed by atoms with E-state index in [9.17, 15) is 0 Å². The van der Waals surface area contributed by atoms with Crippen molar-refractivity contribution in [3.05, 3.63) is 88.1 Å². The second kappa shape index (κ2) is 7.58. The predicted molar refractivity (Wildman–Crippen MR) is 124 cm³/mol. The van der Waals surface area contributed by atoms with Crippen molar-refractivity contribution in [2.24, 2.45) is 0 Å². The zero-order valence-electron chi connectivity index (χ0n) is 12.8. The Kier molecular flexibility index (Phi) is 5.44. The first-order valence-electron chi connectivity index (χ1n) is 7.39. The van der Waals surface area contributed by atoms with E-state index in [-0.39, 0.29) is 0 Å². The van der Waals surface area contributed by atoms with Crippen molar-refractivity contribution < 1.29 is 0 Å². The molecule has 2 aromatic carbocycles. The zero-order valence-corrected chi connectivity index (χ0v) is 18.2. The summed E-state index contributed by atoms with van der Waals surface area (Å²) in [4.78, 5) is 4.18. The number of benzene rings is 2. The van der Waals surface area contributed by atoms with Gasteiger partial charge in [-0.1, -0.05) is 108 Å². The molecule has 0 aliphatic carbocycles. The Balaban J connectivity index is 1.59. The molecule has 0 N–H and O–H groups in total. The number of halogens is 1. The van der Waals surface area contributed by atoms with Crippen LogP contribution in [0.3, 0.4) is 0 Å². The molecule has 2 aromatic rings. The van der Waals surface area contributed by atoms with Crippen LogP contribution in [0.4, 0.5) is 0 Å². The molecule has 0 radical (unpaired) electrons. The van der Waals surface area contributed by atoms with Gasteiger partial charge in [0.15, 0.2) is 0 Å². The number of hydrogen-bond donors (Lipinski definition) is 0. The Labute approximate surface area is 173 Å². The van der Waals surface area contributed by atoms with E-state index < -0.39 is 0 Å². The van der Waals surface area contributed by atoms with Gasteiger partial charge in [0.2, 0.25) is 0 Å². The third kappa shape index (κ3) is 3.51. The maximum absolute atomic E-state index is 2.48. The minimum atomic E-state index is 1.32. The highest BCUT2D eigenvalue weighted by Gasteiger charge is 2.28. The van der Waals surface area contributed by atoms with Crippen LogP contribution < -0.4 is 0 Å². The Morgan fingerprint density at radius 1 is 0.625 bits per heavy atom. The molecule has 2 heterocycles. The maximum atomic E-state index is 2.48. The van der Waals surface area contributed by atoms with Gasteiger partial charge in [-0.3, -0.25) is 0 Å². The van der Waals surface area contributed by atoms with Crippen molar-refractivity contribution >= 4 is 79.4 Å². The van der Waals surface area contributed by atoms with Gasteiger partial charge in [-0.25, -0.2) is 0 Å². The van der Waals surface area contributed by atoms with Gasteiger partial charge < -0.3 is 0 Å². The first kappa shape index (κ1) is 17.2. The number of hydrogen-bond acceptors (Lipinski definition) is 4. The molecule has 0 unspecified atom stereocenters. The second-order valence-corrected chi connectivity index (χ2v) is 11.8. The van der Waals surface area contributed by atoms with Gasteiger partial charge in [-0.05, 0) is 40.6 Å². The Morgan fingerprint density at radius 3 is 1.75 bits per heavy atom. The standard InChI is InChI=1S/C19H13IS4/c1-12-15(13-8-4-2-5-9-13)22-18(21-12)19-23-16(17(20)24-19)14-10-6-3-7-11-14/h2-11H,1H3/b19-18-. The number of rotatable bonds is 2. The average Bonchev–Trinajstić information content (AvgIpc) is 3.19. The normalized spacial score (nSPS) is 21.1. The summed E-state index contributed by atoms with van der Waals surface area (Å²) >= 11 is 10.1. The van der Waals surface area contributed by atoms with E-state index >= 15 is 0 Å². The molecule has 4 rings (SSSR count). The van der Waals surface area contributed by atoms with E-state index in [0.717, 1.165) is 0 Å². The number of allylic oxidation sites excluding steroid dienone is 1. The fraction of sp³-hybridized carbons (Fsp3) is 0.0526. The summed E-state index contributed by atoms with van der Waals surface area (Å²) in [6.45, 7) is 2.23. The van der Waals surface area contributed by atoms with Gasteiger partial charge in [0.1, 0.15) is 0 Å². The van der Waals surface area contributed by atoms with Crippen LogP contribution in [-0.4, -0.2) is 0 Å². The molecular weight excluding hydrogens is 483 g/mol. The molecule has 0 amide bonds. The van der Waals surface area contributed by atoms with Crippen LogP contribution in [0.5, 0.6) is 0 Å². The predicted octanol–water partition coefficient (Wildman–Crippen LogP) is 8.22. The fourth-order valence-corrected chi connectivity index (χ4v) is 9.44. The lowest BCUT2D eigenvalue weighted by Gasteiger charge is -2.04. The molecule has 120 valence electrons. The van der Waals surface area contributed by atoms with Gasteiger partial charge in [0.05, 0.1) is 11.4 Å². The lowest BCUT2D eigenvalue weighted by Crippen LogP contribution is -1.77. The summed E-state index contributed by atoms with van der Waals surface area (Å²) in [5.74, 6) is 0. The molecule has 0 spiro atoms. The van der Waals surface area contributed by atoms with Crippen molar-refractivity contribution in [3.8, 4) is 0 Å². The van der Waals surface area contributed by atoms with Crippen LogP contribution in [-0.2, 0) is 0 Å². The molecular formula is C19H13IS4. The van der Waals surface area contributed by atoms with E-state index in [1.54, 1.807) is 0 Å². The molecule has 0 nitrogen and oxygen atoms in total. The molecule has 0 fully saturated rings. The molecule has 0 atom stereocenters. The van der Waals surface area contributed by atoms with Crippen molar-refractivity contribution in [1.29, 1.82) is 0 Å².